The fourth-order valence-electron chi connectivity index (χ4n) is 3.35. The first-order chi connectivity index (χ1) is 9.63. The van der Waals surface area contributed by atoms with E-state index in [-0.39, 0.29) is 29.1 Å². The van der Waals surface area contributed by atoms with E-state index < -0.39 is 0 Å². The fourth-order valence-corrected chi connectivity index (χ4v) is 3.35. The molecular formula is C16H21FN2O. The van der Waals surface area contributed by atoms with Gasteiger partial charge in [-0.05, 0) is 42.9 Å². The summed E-state index contributed by atoms with van der Waals surface area (Å²) < 4.78 is 12.9. The minimum absolute atomic E-state index is 0.0319. The van der Waals surface area contributed by atoms with Crippen molar-refractivity contribution in [1.29, 1.82) is 0 Å². The smallest absolute Gasteiger partial charge is 0.224 e. The lowest BCUT2D eigenvalue weighted by Gasteiger charge is -2.28. The molecule has 2 unspecified atom stereocenters. The molecule has 2 fully saturated rings. The molecule has 1 aromatic carbocycles. The molecule has 4 heteroatoms. The Bertz CT molecular complexity index is 494. The molecule has 108 valence electrons. The monoisotopic (exact) mass is 276 g/mol. The maximum absolute atomic E-state index is 12.9. The van der Waals surface area contributed by atoms with Crippen molar-refractivity contribution in [3.05, 3.63) is 35.6 Å². The van der Waals surface area contributed by atoms with Crippen molar-refractivity contribution in [3.8, 4) is 0 Å². The average molecular weight is 276 g/mol. The molecular weight excluding hydrogens is 255 g/mol. The SMILES string of the molecule is NCC1(NC(=O)C2CC2c2ccc(F)cc2)CCCC1. The summed E-state index contributed by atoms with van der Waals surface area (Å²) in [5.74, 6) is 0.159. The van der Waals surface area contributed by atoms with Crippen LogP contribution in [0.5, 0.6) is 0 Å². The van der Waals surface area contributed by atoms with Crippen molar-refractivity contribution in [3.63, 3.8) is 0 Å². The van der Waals surface area contributed by atoms with E-state index in [1.54, 1.807) is 12.1 Å². The Morgan fingerprint density at radius 1 is 1.30 bits per heavy atom. The number of nitrogens with two attached hydrogens (primary N) is 1. The summed E-state index contributed by atoms with van der Waals surface area (Å²) in [6.45, 7) is 0.521. The van der Waals surface area contributed by atoms with Crippen molar-refractivity contribution in [2.24, 2.45) is 11.7 Å². The summed E-state index contributed by atoms with van der Waals surface area (Å²) in [6, 6.07) is 6.48. The molecule has 0 spiro atoms. The van der Waals surface area contributed by atoms with E-state index in [0.717, 1.165) is 37.7 Å². The van der Waals surface area contributed by atoms with E-state index in [4.69, 9.17) is 5.73 Å². The quantitative estimate of drug-likeness (QED) is 0.886. The molecule has 3 rings (SSSR count). The second kappa shape index (κ2) is 5.17. The minimum Gasteiger partial charge on any atom is -0.349 e. The van der Waals surface area contributed by atoms with E-state index in [1.165, 1.54) is 12.1 Å². The van der Waals surface area contributed by atoms with Crippen LogP contribution < -0.4 is 11.1 Å². The molecule has 2 atom stereocenters. The summed E-state index contributed by atoms with van der Waals surface area (Å²) in [4.78, 5) is 12.3. The molecule has 2 saturated carbocycles. The van der Waals surface area contributed by atoms with Crippen LogP contribution in [0.3, 0.4) is 0 Å². The van der Waals surface area contributed by atoms with Gasteiger partial charge in [0.25, 0.3) is 0 Å². The number of halogens is 1. The minimum atomic E-state index is -0.233. The Morgan fingerprint density at radius 2 is 1.95 bits per heavy atom. The van der Waals surface area contributed by atoms with Gasteiger partial charge in [-0.3, -0.25) is 4.79 Å². The van der Waals surface area contributed by atoms with Gasteiger partial charge in [0.1, 0.15) is 5.82 Å². The molecule has 2 aliphatic carbocycles. The van der Waals surface area contributed by atoms with Crippen molar-refractivity contribution in [2.45, 2.75) is 43.6 Å². The molecule has 0 bridgehead atoms. The Hall–Kier alpha value is -1.42. The first-order valence-electron chi connectivity index (χ1n) is 7.41. The topological polar surface area (TPSA) is 55.1 Å². The van der Waals surface area contributed by atoms with Crippen LogP contribution in [0.2, 0.25) is 0 Å². The van der Waals surface area contributed by atoms with Crippen LogP contribution in [-0.2, 0) is 4.79 Å². The van der Waals surface area contributed by atoms with E-state index in [1.807, 2.05) is 0 Å². The molecule has 3 N–H and O–H groups in total. The van der Waals surface area contributed by atoms with Crippen LogP contribution in [-0.4, -0.2) is 18.0 Å². The molecule has 0 aliphatic heterocycles. The highest BCUT2D eigenvalue weighted by molar-refractivity contribution is 5.83. The number of carbonyl (C=O) groups is 1. The highest BCUT2D eigenvalue weighted by Gasteiger charge is 2.46. The first kappa shape index (κ1) is 13.6. The van der Waals surface area contributed by atoms with E-state index in [2.05, 4.69) is 5.32 Å². The zero-order chi connectivity index (χ0) is 14.2. The lowest BCUT2D eigenvalue weighted by Crippen LogP contribution is -2.52. The predicted octanol–water partition coefficient (Wildman–Crippen LogP) is 2.32. The van der Waals surface area contributed by atoms with Gasteiger partial charge in [0, 0.05) is 12.5 Å². The summed E-state index contributed by atoms with van der Waals surface area (Å²) in [5, 5.41) is 3.18. The molecule has 3 nitrogen and oxygen atoms in total. The molecule has 20 heavy (non-hydrogen) atoms. The molecule has 0 saturated heterocycles. The molecule has 2 aliphatic rings. The molecule has 1 aromatic rings. The molecule has 1 amide bonds. The van der Waals surface area contributed by atoms with Gasteiger partial charge in [-0.25, -0.2) is 4.39 Å². The number of hydrogen-bond donors (Lipinski definition) is 2. The van der Waals surface area contributed by atoms with Crippen molar-refractivity contribution < 1.29 is 9.18 Å². The van der Waals surface area contributed by atoms with E-state index >= 15 is 0 Å². The second-order valence-corrected chi connectivity index (χ2v) is 6.18. The normalized spacial score (nSPS) is 27.3. The Kier molecular flexibility index (Phi) is 3.50. The Morgan fingerprint density at radius 3 is 2.55 bits per heavy atom. The maximum atomic E-state index is 12.9. The molecule has 0 radical (unpaired) electrons. The van der Waals surface area contributed by atoms with Crippen LogP contribution >= 0.6 is 0 Å². The van der Waals surface area contributed by atoms with E-state index in [0.29, 0.717) is 6.54 Å². The second-order valence-electron chi connectivity index (χ2n) is 6.18. The summed E-state index contributed by atoms with van der Waals surface area (Å²) >= 11 is 0. The molecule has 0 aromatic heterocycles. The van der Waals surface area contributed by atoms with Gasteiger partial charge in [0.05, 0.1) is 5.54 Å². The van der Waals surface area contributed by atoms with Crippen molar-refractivity contribution in [1.82, 2.24) is 5.32 Å². The number of benzene rings is 1. The average Bonchev–Trinajstić information content (AvgIpc) is 3.13. The zero-order valence-electron chi connectivity index (χ0n) is 11.6. The number of hydrogen-bond acceptors (Lipinski definition) is 2. The van der Waals surface area contributed by atoms with E-state index in [9.17, 15) is 9.18 Å². The summed E-state index contributed by atoms with van der Waals surface area (Å²) in [6.07, 6.45) is 5.12. The van der Waals surface area contributed by atoms with Gasteiger partial charge in [0.2, 0.25) is 5.91 Å². The van der Waals surface area contributed by atoms with Crippen LogP contribution in [0.1, 0.15) is 43.6 Å². The number of amides is 1. The van der Waals surface area contributed by atoms with Crippen LogP contribution in [0.4, 0.5) is 4.39 Å². The van der Waals surface area contributed by atoms with Crippen molar-refractivity contribution in [2.75, 3.05) is 6.54 Å². The van der Waals surface area contributed by atoms with Gasteiger partial charge in [0.15, 0.2) is 0 Å². The third-order valence-electron chi connectivity index (χ3n) is 4.77. The number of carbonyl (C=O) groups excluding carboxylic acids is 1. The highest BCUT2D eigenvalue weighted by atomic mass is 19.1. The molecule has 0 heterocycles. The van der Waals surface area contributed by atoms with Gasteiger partial charge in [-0.15, -0.1) is 0 Å². The van der Waals surface area contributed by atoms with Gasteiger partial charge in [-0.1, -0.05) is 25.0 Å². The van der Waals surface area contributed by atoms with Gasteiger partial charge >= 0.3 is 0 Å². The Labute approximate surface area is 118 Å². The lowest BCUT2D eigenvalue weighted by atomic mass is 9.97. The Balaban J connectivity index is 1.61. The predicted molar refractivity (Wildman–Crippen MR) is 75.6 cm³/mol. The van der Waals surface area contributed by atoms with Crippen LogP contribution in [0, 0.1) is 11.7 Å². The zero-order valence-corrected chi connectivity index (χ0v) is 11.6. The highest BCUT2D eigenvalue weighted by Crippen LogP contribution is 2.48. The third kappa shape index (κ3) is 2.57. The van der Waals surface area contributed by atoms with Gasteiger partial charge < -0.3 is 11.1 Å². The summed E-state index contributed by atoms with van der Waals surface area (Å²) in [5.41, 5.74) is 6.73. The maximum Gasteiger partial charge on any atom is 0.224 e. The summed E-state index contributed by atoms with van der Waals surface area (Å²) in [7, 11) is 0. The van der Waals surface area contributed by atoms with Crippen LogP contribution in [0.25, 0.3) is 0 Å². The third-order valence-corrected chi connectivity index (χ3v) is 4.77. The van der Waals surface area contributed by atoms with Crippen LogP contribution in [0.15, 0.2) is 24.3 Å². The first-order valence-corrected chi connectivity index (χ1v) is 7.41. The van der Waals surface area contributed by atoms with Gasteiger partial charge in [-0.2, -0.15) is 0 Å². The number of rotatable bonds is 4. The standard InChI is InChI=1S/C16H21FN2O/c17-12-5-3-11(4-6-12)13-9-14(13)15(20)19-16(10-18)7-1-2-8-16/h3-6,13-14H,1-2,7-10,18H2,(H,19,20). The fraction of sp³-hybridized carbons (Fsp3) is 0.562. The lowest BCUT2D eigenvalue weighted by molar-refractivity contribution is -0.124. The largest absolute Gasteiger partial charge is 0.349 e. The number of nitrogens with one attached hydrogen (secondary N) is 1. The van der Waals surface area contributed by atoms with Crippen molar-refractivity contribution >= 4 is 5.91 Å².